The van der Waals surface area contributed by atoms with Gasteiger partial charge >= 0.3 is 0 Å². The second kappa shape index (κ2) is 10.2. The largest absolute Gasteiger partial charge is 0.351 e. The van der Waals surface area contributed by atoms with Crippen molar-refractivity contribution >= 4 is 11.8 Å². The molecular formula is C23H28FN3O2. The average molecular weight is 397 g/mol. The molecule has 0 spiro atoms. The Hall–Kier alpha value is -2.73. The van der Waals surface area contributed by atoms with E-state index < -0.39 is 0 Å². The summed E-state index contributed by atoms with van der Waals surface area (Å²) in [6, 6.07) is 16.2. The molecule has 1 fully saturated rings. The number of benzene rings is 2. The van der Waals surface area contributed by atoms with Gasteiger partial charge in [-0.1, -0.05) is 49.4 Å². The molecule has 2 aromatic rings. The lowest BCUT2D eigenvalue weighted by Crippen LogP contribution is -2.52. The summed E-state index contributed by atoms with van der Waals surface area (Å²) in [7, 11) is 0. The Kier molecular flexibility index (Phi) is 7.36. The van der Waals surface area contributed by atoms with E-state index in [4.69, 9.17) is 0 Å². The number of hydrogen-bond donors (Lipinski definition) is 1. The Bertz CT molecular complexity index is 820. The van der Waals surface area contributed by atoms with Crippen molar-refractivity contribution < 1.29 is 14.0 Å². The molecule has 1 N–H and O–H groups in total. The topological polar surface area (TPSA) is 52.7 Å². The van der Waals surface area contributed by atoms with Gasteiger partial charge in [-0.05, 0) is 29.7 Å². The summed E-state index contributed by atoms with van der Waals surface area (Å²) in [6.45, 7) is 5.32. The second-order valence-electron chi connectivity index (χ2n) is 7.60. The molecule has 1 unspecified atom stereocenters. The first kappa shape index (κ1) is 21.0. The van der Waals surface area contributed by atoms with Crippen LogP contribution < -0.4 is 5.32 Å². The van der Waals surface area contributed by atoms with Crippen LogP contribution in [-0.2, 0) is 22.6 Å². The molecule has 2 aromatic carbocycles. The molecule has 0 saturated carbocycles. The van der Waals surface area contributed by atoms with Crippen molar-refractivity contribution in [1.82, 2.24) is 15.1 Å². The zero-order valence-electron chi connectivity index (χ0n) is 16.8. The van der Waals surface area contributed by atoms with E-state index in [0.717, 1.165) is 11.1 Å². The average Bonchev–Trinajstić information content (AvgIpc) is 2.73. The minimum atomic E-state index is -0.277. The summed E-state index contributed by atoms with van der Waals surface area (Å²) in [4.78, 5) is 28.8. The number of piperazine rings is 1. The molecule has 5 nitrogen and oxygen atoms in total. The predicted molar refractivity (Wildman–Crippen MR) is 111 cm³/mol. The molecule has 0 bridgehead atoms. The first-order chi connectivity index (χ1) is 14.0. The van der Waals surface area contributed by atoms with Crippen LogP contribution in [-0.4, -0.2) is 54.3 Å². The molecular weight excluding hydrogens is 369 g/mol. The molecule has 0 aromatic heterocycles. The van der Waals surface area contributed by atoms with E-state index in [9.17, 15) is 14.0 Å². The number of amides is 2. The third kappa shape index (κ3) is 6.39. The monoisotopic (exact) mass is 397 g/mol. The van der Waals surface area contributed by atoms with Crippen molar-refractivity contribution in [2.75, 3.05) is 32.7 Å². The zero-order chi connectivity index (χ0) is 20.6. The molecule has 0 aliphatic carbocycles. The van der Waals surface area contributed by atoms with Crippen LogP contribution in [0.15, 0.2) is 54.6 Å². The quantitative estimate of drug-likeness (QED) is 0.781. The van der Waals surface area contributed by atoms with Crippen LogP contribution in [0.5, 0.6) is 0 Å². The zero-order valence-corrected chi connectivity index (χ0v) is 16.8. The van der Waals surface area contributed by atoms with Crippen molar-refractivity contribution in [2.24, 2.45) is 5.92 Å². The maximum Gasteiger partial charge on any atom is 0.234 e. The van der Waals surface area contributed by atoms with E-state index in [-0.39, 0.29) is 23.5 Å². The highest BCUT2D eigenvalue weighted by atomic mass is 19.1. The van der Waals surface area contributed by atoms with Crippen molar-refractivity contribution in [3.05, 3.63) is 71.5 Å². The van der Waals surface area contributed by atoms with Crippen molar-refractivity contribution in [3.63, 3.8) is 0 Å². The summed E-state index contributed by atoms with van der Waals surface area (Å²) in [5, 5.41) is 2.94. The molecule has 1 heterocycles. The SMILES string of the molecule is CC(Cc1cccc(F)c1)C(=O)N1CCN(CC(=O)NCc2ccccc2)CC1. The van der Waals surface area contributed by atoms with Crippen molar-refractivity contribution in [3.8, 4) is 0 Å². The van der Waals surface area contributed by atoms with E-state index in [1.165, 1.54) is 12.1 Å². The maximum absolute atomic E-state index is 13.3. The molecule has 1 saturated heterocycles. The lowest BCUT2D eigenvalue weighted by molar-refractivity contribution is -0.137. The molecule has 6 heteroatoms. The fourth-order valence-electron chi connectivity index (χ4n) is 3.60. The summed E-state index contributed by atoms with van der Waals surface area (Å²) in [5.41, 5.74) is 1.91. The van der Waals surface area contributed by atoms with Gasteiger partial charge in [0.2, 0.25) is 11.8 Å². The van der Waals surface area contributed by atoms with E-state index in [0.29, 0.717) is 45.7 Å². The van der Waals surface area contributed by atoms with Crippen LogP contribution in [0.25, 0.3) is 0 Å². The highest BCUT2D eigenvalue weighted by molar-refractivity contribution is 5.79. The Balaban J connectivity index is 1.40. The minimum Gasteiger partial charge on any atom is -0.351 e. The van der Waals surface area contributed by atoms with E-state index >= 15 is 0 Å². The van der Waals surface area contributed by atoms with Crippen LogP contribution in [0, 0.1) is 11.7 Å². The predicted octanol–water partition coefficient (Wildman–Crippen LogP) is 2.46. The lowest BCUT2D eigenvalue weighted by atomic mass is 9.99. The highest BCUT2D eigenvalue weighted by Crippen LogP contribution is 2.14. The van der Waals surface area contributed by atoms with Gasteiger partial charge in [0.25, 0.3) is 0 Å². The van der Waals surface area contributed by atoms with Gasteiger partial charge in [0, 0.05) is 38.6 Å². The fraction of sp³-hybridized carbons (Fsp3) is 0.391. The smallest absolute Gasteiger partial charge is 0.234 e. The molecule has 154 valence electrons. The van der Waals surface area contributed by atoms with E-state index in [1.807, 2.05) is 48.2 Å². The molecule has 1 atom stereocenters. The Morgan fingerprint density at radius 1 is 1.00 bits per heavy atom. The van der Waals surface area contributed by atoms with Crippen LogP contribution in [0.4, 0.5) is 4.39 Å². The number of carbonyl (C=O) groups is 2. The molecule has 0 radical (unpaired) electrons. The van der Waals surface area contributed by atoms with Gasteiger partial charge in [-0.25, -0.2) is 4.39 Å². The first-order valence-corrected chi connectivity index (χ1v) is 10.1. The van der Waals surface area contributed by atoms with Gasteiger partial charge in [-0.15, -0.1) is 0 Å². The second-order valence-corrected chi connectivity index (χ2v) is 7.60. The Morgan fingerprint density at radius 3 is 2.38 bits per heavy atom. The molecule has 1 aliphatic heterocycles. The fourth-order valence-corrected chi connectivity index (χ4v) is 3.60. The first-order valence-electron chi connectivity index (χ1n) is 10.1. The normalized spacial score (nSPS) is 15.7. The van der Waals surface area contributed by atoms with E-state index in [2.05, 4.69) is 10.2 Å². The van der Waals surface area contributed by atoms with Crippen LogP contribution >= 0.6 is 0 Å². The number of halogens is 1. The Morgan fingerprint density at radius 2 is 1.69 bits per heavy atom. The van der Waals surface area contributed by atoms with Crippen molar-refractivity contribution in [2.45, 2.75) is 19.9 Å². The standard InChI is InChI=1S/C23H28FN3O2/c1-18(14-20-8-5-9-21(24)15-20)23(29)27-12-10-26(11-13-27)17-22(28)25-16-19-6-3-2-4-7-19/h2-9,15,18H,10-14,16-17H2,1H3,(H,25,28). The molecule has 2 amide bonds. The summed E-state index contributed by atoms with van der Waals surface area (Å²) >= 11 is 0. The summed E-state index contributed by atoms with van der Waals surface area (Å²) < 4.78 is 13.3. The number of carbonyl (C=O) groups excluding carboxylic acids is 2. The van der Waals surface area contributed by atoms with Crippen LogP contribution in [0.2, 0.25) is 0 Å². The van der Waals surface area contributed by atoms with E-state index in [1.54, 1.807) is 6.07 Å². The third-order valence-corrected chi connectivity index (χ3v) is 5.24. The molecule has 1 aliphatic rings. The summed E-state index contributed by atoms with van der Waals surface area (Å²) in [6.07, 6.45) is 0.526. The van der Waals surface area contributed by atoms with Gasteiger partial charge in [-0.2, -0.15) is 0 Å². The highest BCUT2D eigenvalue weighted by Gasteiger charge is 2.25. The third-order valence-electron chi connectivity index (χ3n) is 5.24. The van der Waals surface area contributed by atoms with Gasteiger partial charge in [0.15, 0.2) is 0 Å². The minimum absolute atomic E-state index is 0.00639. The van der Waals surface area contributed by atoms with Gasteiger partial charge in [0.05, 0.1) is 6.54 Å². The maximum atomic E-state index is 13.3. The Labute approximate surface area is 171 Å². The van der Waals surface area contributed by atoms with Crippen molar-refractivity contribution in [1.29, 1.82) is 0 Å². The number of nitrogens with zero attached hydrogens (tertiary/aromatic N) is 2. The molecule has 3 rings (SSSR count). The summed E-state index contributed by atoms with van der Waals surface area (Å²) in [5.74, 6) is -0.394. The lowest BCUT2D eigenvalue weighted by Gasteiger charge is -2.35. The van der Waals surface area contributed by atoms with Gasteiger partial charge < -0.3 is 10.2 Å². The van der Waals surface area contributed by atoms with Crippen LogP contribution in [0.3, 0.4) is 0 Å². The number of rotatable bonds is 7. The molecule has 29 heavy (non-hydrogen) atoms. The van der Waals surface area contributed by atoms with Crippen LogP contribution in [0.1, 0.15) is 18.1 Å². The number of nitrogens with one attached hydrogen (secondary N) is 1. The van der Waals surface area contributed by atoms with Gasteiger partial charge in [-0.3, -0.25) is 14.5 Å². The number of hydrogen-bond acceptors (Lipinski definition) is 3. The van der Waals surface area contributed by atoms with Gasteiger partial charge in [0.1, 0.15) is 5.82 Å².